The summed E-state index contributed by atoms with van der Waals surface area (Å²) in [5, 5.41) is 17.5. The maximum atomic E-state index is 13.1. The molecular formula is C10H11FO3. The Kier molecular flexibility index (Phi) is 3.19. The molecule has 14 heavy (non-hydrogen) atoms. The summed E-state index contributed by atoms with van der Waals surface area (Å²) in [4.78, 5) is 10.8. The monoisotopic (exact) mass is 198 g/mol. The summed E-state index contributed by atoms with van der Waals surface area (Å²) in [5.74, 6) is -1.55. The lowest BCUT2D eigenvalue weighted by atomic mass is 9.99. The van der Waals surface area contributed by atoms with Crippen LogP contribution in [0.1, 0.15) is 21.5 Å². The fraction of sp³-hybridized carbons (Fsp3) is 0.300. The summed E-state index contributed by atoms with van der Waals surface area (Å²) >= 11 is 0. The number of carboxylic acids is 1. The molecule has 3 nitrogen and oxygen atoms in total. The predicted octanol–water partition coefficient (Wildman–Crippen LogP) is 1.37. The van der Waals surface area contributed by atoms with Gasteiger partial charge in [0, 0.05) is 6.61 Å². The van der Waals surface area contributed by atoms with Crippen LogP contribution in [0, 0.1) is 12.7 Å². The van der Waals surface area contributed by atoms with Gasteiger partial charge in [-0.3, -0.25) is 0 Å². The molecule has 0 radical (unpaired) electrons. The lowest BCUT2D eigenvalue weighted by Gasteiger charge is -2.08. The van der Waals surface area contributed by atoms with E-state index < -0.39 is 11.8 Å². The van der Waals surface area contributed by atoms with Gasteiger partial charge in [-0.05, 0) is 36.6 Å². The van der Waals surface area contributed by atoms with E-state index in [0.717, 1.165) is 6.07 Å². The van der Waals surface area contributed by atoms with Crippen LogP contribution in [0.3, 0.4) is 0 Å². The molecule has 0 aliphatic rings. The van der Waals surface area contributed by atoms with Crippen molar-refractivity contribution in [3.05, 3.63) is 34.6 Å². The molecule has 0 amide bonds. The molecule has 0 bridgehead atoms. The second-order valence-electron chi connectivity index (χ2n) is 2.98. The van der Waals surface area contributed by atoms with Crippen molar-refractivity contribution in [2.24, 2.45) is 0 Å². The number of carbonyl (C=O) groups is 1. The van der Waals surface area contributed by atoms with E-state index in [1.165, 1.54) is 13.0 Å². The van der Waals surface area contributed by atoms with E-state index in [4.69, 9.17) is 10.2 Å². The second kappa shape index (κ2) is 4.19. The van der Waals surface area contributed by atoms with Crippen molar-refractivity contribution >= 4 is 5.97 Å². The highest BCUT2D eigenvalue weighted by molar-refractivity contribution is 5.89. The number of hydrogen-bond acceptors (Lipinski definition) is 2. The van der Waals surface area contributed by atoms with E-state index in [9.17, 15) is 9.18 Å². The number of aliphatic hydroxyl groups excluding tert-OH is 1. The van der Waals surface area contributed by atoms with Crippen molar-refractivity contribution in [2.45, 2.75) is 13.3 Å². The molecule has 4 heteroatoms. The van der Waals surface area contributed by atoms with E-state index in [1.807, 2.05) is 0 Å². The molecule has 0 aliphatic heterocycles. The molecule has 0 aromatic heterocycles. The Bertz CT molecular complexity index is 361. The first kappa shape index (κ1) is 10.7. The van der Waals surface area contributed by atoms with Gasteiger partial charge in [-0.25, -0.2) is 9.18 Å². The van der Waals surface area contributed by atoms with Gasteiger partial charge in [0.25, 0.3) is 0 Å². The predicted molar refractivity (Wildman–Crippen MR) is 48.9 cm³/mol. The van der Waals surface area contributed by atoms with Crippen LogP contribution in [0.2, 0.25) is 0 Å². The van der Waals surface area contributed by atoms with Gasteiger partial charge in [0.05, 0.1) is 5.56 Å². The van der Waals surface area contributed by atoms with Gasteiger partial charge in [0.2, 0.25) is 0 Å². The number of hydrogen-bond donors (Lipinski definition) is 2. The smallest absolute Gasteiger partial charge is 0.335 e. The zero-order valence-corrected chi connectivity index (χ0v) is 7.75. The maximum Gasteiger partial charge on any atom is 0.335 e. The minimum Gasteiger partial charge on any atom is -0.478 e. The first-order valence-corrected chi connectivity index (χ1v) is 4.20. The number of benzene rings is 1. The molecule has 0 aliphatic carbocycles. The molecule has 0 saturated heterocycles. The normalized spacial score (nSPS) is 10.2. The van der Waals surface area contributed by atoms with Gasteiger partial charge in [-0.1, -0.05) is 0 Å². The fourth-order valence-corrected chi connectivity index (χ4v) is 1.36. The molecule has 76 valence electrons. The average molecular weight is 198 g/mol. The molecule has 2 N–H and O–H groups in total. The van der Waals surface area contributed by atoms with Crippen LogP contribution < -0.4 is 0 Å². The number of aliphatic hydroxyl groups is 1. The maximum absolute atomic E-state index is 13.1. The first-order chi connectivity index (χ1) is 6.57. The number of rotatable bonds is 3. The van der Waals surface area contributed by atoms with Crippen molar-refractivity contribution < 1.29 is 19.4 Å². The topological polar surface area (TPSA) is 57.5 Å². The summed E-state index contributed by atoms with van der Waals surface area (Å²) in [6, 6.07) is 2.34. The zero-order valence-electron chi connectivity index (χ0n) is 7.75. The molecule has 0 unspecified atom stereocenters. The van der Waals surface area contributed by atoms with E-state index >= 15 is 0 Å². The SMILES string of the molecule is Cc1c(F)ccc(C(=O)O)c1CCO. The van der Waals surface area contributed by atoms with E-state index in [2.05, 4.69) is 0 Å². The number of aromatic carboxylic acids is 1. The second-order valence-corrected chi connectivity index (χ2v) is 2.98. The van der Waals surface area contributed by atoms with Gasteiger partial charge in [-0.15, -0.1) is 0 Å². The molecule has 0 heterocycles. The fourth-order valence-electron chi connectivity index (χ4n) is 1.36. The Labute approximate surface area is 80.8 Å². The molecule has 0 atom stereocenters. The van der Waals surface area contributed by atoms with Crippen molar-refractivity contribution in [2.75, 3.05) is 6.61 Å². The van der Waals surface area contributed by atoms with Crippen LogP contribution in [0.25, 0.3) is 0 Å². The van der Waals surface area contributed by atoms with Crippen LogP contribution in [0.15, 0.2) is 12.1 Å². The molecule has 0 fully saturated rings. The highest BCUT2D eigenvalue weighted by Crippen LogP contribution is 2.18. The molecule has 1 aromatic rings. The standard InChI is InChI=1S/C10H11FO3/c1-6-7(4-5-12)8(10(13)14)2-3-9(6)11/h2-3,12H,4-5H2,1H3,(H,13,14). The highest BCUT2D eigenvalue weighted by Gasteiger charge is 2.14. The summed E-state index contributed by atoms with van der Waals surface area (Å²) in [6.45, 7) is 1.32. The third kappa shape index (κ3) is 1.90. The van der Waals surface area contributed by atoms with Gasteiger partial charge in [0.1, 0.15) is 5.82 Å². The molecule has 1 rings (SSSR count). The van der Waals surface area contributed by atoms with E-state index in [-0.39, 0.29) is 18.6 Å². The summed E-state index contributed by atoms with van der Waals surface area (Å²) in [5.41, 5.74) is 0.705. The Morgan fingerprint density at radius 3 is 2.64 bits per heavy atom. The van der Waals surface area contributed by atoms with Crippen molar-refractivity contribution in [1.82, 2.24) is 0 Å². The van der Waals surface area contributed by atoms with Gasteiger partial charge < -0.3 is 10.2 Å². The lowest BCUT2D eigenvalue weighted by molar-refractivity contribution is 0.0695. The molecular weight excluding hydrogens is 187 g/mol. The largest absolute Gasteiger partial charge is 0.478 e. The molecule has 1 aromatic carbocycles. The minimum absolute atomic E-state index is 0.0537. The van der Waals surface area contributed by atoms with Crippen LogP contribution in [0.4, 0.5) is 4.39 Å². The Balaban J connectivity index is 3.29. The Morgan fingerprint density at radius 2 is 2.14 bits per heavy atom. The van der Waals surface area contributed by atoms with Crippen LogP contribution >= 0.6 is 0 Å². The first-order valence-electron chi connectivity index (χ1n) is 4.20. The van der Waals surface area contributed by atoms with Crippen molar-refractivity contribution in [1.29, 1.82) is 0 Å². The number of halogens is 1. The van der Waals surface area contributed by atoms with Gasteiger partial charge in [-0.2, -0.15) is 0 Å². The summed E-state index contributed by atoms with van der Waals surface area (Å²) in [7, 11) is 0. The van der Waals surface area contributed by atoms with Crippen LogP contribution in [-0.4, -0.2) is 22.8 Å². The average Bonchev–Trinajstić information content (AvgIpc) is 2.13. The lowest BCUT2D eigenvalue weighted by Crippen LogP contribution is -2.07. The number of carboxylic acid groups (broad SMARTS) is 1. The molecule has 0 saturated carbocycles. The summed E-state index contributed by atoms with van der Waals surface area (Å²) in [6.07, 6.45) is 0.158. The third-order valence-electron chi connectivity index (χ3n) is 2.12. The van der Waals surface area contributed by atoms with Crippen LogP contribution in [-0.2, 0) is 6.42 Å². The van der Waals surface area contributed by atoms with Gasteiger partial charge in [0.15, 0.2) is 0 Å². The quantitative estimate of drug-likeness (QED) is 0.771. The molecule has 0 spiro atoms. The Morgan fingerprint density at radius 1 is 1.50 bits per heavy atom. The highest BCUT2D eigenvalue weighted by atomic mass is 19.1. The van der Waals surface area contributed by atoms with Crippen LogP contribution in [0.5, 0.6) is 0 Å². The van der Waals surface area contributed by atoms with Crippen molar-refractivity contribution in [3.8, 4) is 0 Å². The summed E-state index contributed by atoms with van der Waals surface area (Å²) < 4.78 is 13.1. The zero-order chi connectivity index (χ0) is 10.7. The third-order valence-corrected chi connectivity index (χ3v) is 2.12. The minimum atomic E-state index is -1.10. The van der Waals surface area contributed by atoms with Gasteiger partial charge >= 0.3 is 5.97 Å². The van der Waals surface area contributed by atoms with E-state index in [0.29, 0.717) is 11.1 Å². The Hall–Kier alpha value is -1.42. The van der Waals surface area contributed by atoms with E-state index in [1.54, 1.807) is 0 Å². The van der Waals surface area contributed by atoms with Crippen molar-refractivity contribution in [3.63, 3.8) is 0 Å².